The highest BCUT2D eigenvalue weighted by atomic mass is 35.5. The number of nitrogens with zero attached hydrogens (tertiary/aromatic N) is 3. The third-order valence-electron chi connectivity index (χ3n) is 3.57. The second kappa shape index (κ2) is 5.25. The van der Waals surface area contributed by atoms with Crippen LogP contribution < -0.4 is 0 Å². The summed E-state index contributed by atoms with van der Waals surface area (Å²) in [5, 5.41) is 4.55. The SMILES string of the molecule is CN1C(=O)CCCC1c1nc(-c2ccccc2Cl)no1. The van der Waals surface area contributed by atoms with Gasteiger partial charge >= 0.3 is 0 Å². The van der Waals surface area contributed by atoms with Gasteiger partial charge in [-0.05, 0) is 25.0 Å². The molecule has 0 radical (unpaired) electrons. The first-order valence-electron chi connectivity index (χ1n) is 6.51. The molecule has 0 bridgehead atoms. The lowest BCUT2D eigenvalue weighted by Crippen LogP contribution is -2.34. The number of carbonyl (C=O) groups excluding carboxylic acids is 1. The Kier molecular flexibility index (Phi) is 3.44. The molecule has 5 nitrogen and oxygen atoms in total. The van der Waals surface area contributed by atoms with Crippen molar-refractivity contribution in [3.8, 4) is 11.4 Å². The van der Waals surface area contributed by atoms with Gasteiger partial charge in [-0.2, -0.15) is 4.98 Å². The van der Waals surface area contributed by atoms with Crippen LogP contribution in [0.25, 0.3) is 11.4 Å². The third-order valence-corrected chi connectivity index (χ3v) is 3.90. The van der Waals surface area contributed by atoms with E-state index >= 15 is 0 Å². The minimum atomic E-state index is -0.139. The molecule has 1 aliphatic heterocycles. The number of carbonyl (C=O) groups is 1. The zero-order valence-corrected chi connectivity index (χ0v) is 11.8. The van der Waals surface area contributed by atoms with Gasteiger partial charge in [0.05, 0.1) is 5.02 Å². The average Bonchev–Trinajstić information content (AvgIpc) is 2.92. The Morgan fingerprint density at radius 2 is 2.20 bits per heavy atom. The second-order valence-corrected chi connectivity index (χ2v) is 5.26. The van der Waals surface area contributed by atoms with Crippen molar-refractivity contribution in [3.05, 3.63) is 35.2 Å². The molecule has 1 fully saturated rings. The number of piperidine rings is 1. The summed E-state index contributed by atoms with van der Waals surface area (Å²) in [5.41, 5.74) is 0.731. The van der Waals surface area contributed by atoms with Crippen LogP contribution in [0.15, 0.2) is 28.8 Å². The number of halogens is 1. The minimum Gasteiger partial charge on any atom is -0.337 e. The number of hydrogen-bond acceptors (Lipinski definition) is 4. The zero-order valence-electron chi connectivity index (χ0n) is 11.0. The Labute approximate surface area is 121 Å². The first kappa shape index (κ1) is 13.1. The van der Waals surface area contributed by atoms with E-state index in [1.807, 2.05) is 18.2 Å². The van der Waals surface area contributed by atoms with Crippen molar-refractivity contribution in [1.82, 2.24) is 15.0 Å². The Balaban J connectivity index is 1.91. The zero-order chi connectivity index (χ0) is 14.1. The van der Waals surface area contributed by atoms with Gasteiger partial charge in [0.1, 0.15) is 6.04 Å². The fourth-order valence-corrected chi connectivity index (χ4v) is 2.62. The predicted octanol–water partition coefficient (Wildman–Crippen LogP) is 3.07. The van der Waals surface area contributed by atoms with E-state index in [-0.39, 0.29) is 11.9 Å². The highest BCUT2D eigenvalue weighted by Crippen LogP contribution is 2.31. The molecule has 1 unspecified atom stereocenters. The van der Waals surface area contributed by atoms with Crippen LogP contribution in [0.4, 0.5) is 0 Å². The quantitative estimate of drug-likeness (QED) is 0.853. The minimum absolute atomic E-state index is 0.110. The molecule has 2 heterocycles. The van der Waals surface area contributed by atoms with Gasteiger partial charge in [0, 0.05) is 19.0 Å². The largest absolute Gasteiger partial charge is 0.337 e. The van der Waals surface area contributed by atoms with E-state index in [9.17, 15) is 4.79 Å². The molecule has 6 heteroatoms. The van der Waals surface area contributed by atoms with Crippen LogP contribution in [0.2, 0.25) is 5.02 Å². The number of benzene rings is 1. The van der Waals surface area contributed by atoms with Crippen LogP contribution in [0.5, 0.6) is 0 Å². The second-order valence-electron chi connectivity index (χ2n) is 4.85. The Bertz CT molecular complexity index is 641. The van der Waals surface area contributed by atoms with Gasteiger partial charge in [0.2, 0.25) is 17.6 Å². The van der Waals surface area contributed by atoms with E-state index in [4.69, 9.17) is 16.1 Å². The van der Waals surface area contributed by atoms with E-state index in [2.05, 4.69) is 10.1 Å². The number of hydrogen-bond donors (Lipinski definition) is 0. The van der Waals surface area contributed by atoms with Crippen molar-refractivity contribution >= 4 is 17.5 Å². The molecular formula is C14H14ClN3O2. The molecule has 0 N–H and O–H groups in total. The number of likely N-dealkylation sites (tertiary alicyclic amines) is 1. The first-order valence-corrected chi connectivity index (χ1v) is 6.89. The van der Waals surface area contributed by atoms with Crippen LogP contribution in [0.3, 0.4) is 0 Å². The highest BCUT2D eigenvalue weighted by Gasteiger charge is 2.30. The van der Waals surface area contributed by atoms with Crippen molar-refractivity contribution in [3.63, 3.8) is 0 Å². The van der Waals surface area contributed by atoms with E-state index in [0.29, 0.717) is 23.2 Å². The van der Waals surface area contributed by atoms with Gasteiger partial charge in [-0.3, -0.25) is 4.79 Å². The smallest absolute Gasteiger partial charge is 0.249 e. The summed E-state index contributed by atoms with van der Waals surface area (Å²) in [6.07, 6.45) is 2.27. The standard InChI is InChI=1S/C14H14ClN3O2/c1-18-11(7-4-8-12(18)19)14-16-13(17-20-14)9-5-2-3-6-10(9)15/h2-3,5-6,11H,4,7-8H2,1H3. The first-order chi connectivity index (χ1) is 9.66. The summed E-state index contributed by atoms with van der Waals surface area (Å²) in [4.78, 5) is 17.8. The lowest BCUT2D eigenvalue weighted by molar-refractivity contribution is -0.135. The van der Waals surface area contributed by atoms with Crippen molar-refractivity contribution in [1.29, 1.82) is 0 Å². The monoisotopic (exact) mass is 291 g/mol. The van der Waals surface area contributed by atoms with Gasteiger partial charge in [0.15, 0.2) is 0 Å². The number of amides is 1. The highest BCUT2D eigenvalue weighted by molar-refractivity contribution is 6.33. The molecule has 1 aromatic carbocycles. The number of rotatable bonds is 2. The molecule has 1 saturated heterocycles. The van der Waals surface area contributed by atoms with Gasteiger partial charge < -0.3 is 9.42 Å². The summed E-state index contributed by atoms with van der Waals surface area (Å²) in [6.45, 7) is 0. The van der Waals surface area contributed by atoms with Gasteiger partial charge in [0.25, 0.3) is 0 Å². The normalized spacial score (nSPS) is 19.4. The van der Waals surface area contributed by atoms with E-state index in [0.717, 1.165) is 18.4 Å². The van der Waals surface area contributed by atoms with Crippen molar-refractivity contribution in [2.24, 2.45) is 0 Å². The van der Waals surface area contributed by atoms with Crippen LogP contribution in [-0.4, -0.2) is 28.0 Å². The van der Waals surface area contributed by atoms with Crippen molar-refractivity contribution in [2.45, 2.75) is 25.3 Å². The molecule has 1 aliphatic rings. The summed E-state index contributed by atoms with van der Waals surface area (Å²) in [7, 11) is 1.77. The molecule has 20 heavy (non-hydrogen) atoms. The van der Waals surface area contributed by atoms with Crippen LogP contribution in [0.1, 0.15) is 31.2 Å². The molecule has 0 aliphatic carbocycles. The molecule has 1 atom stereocenters. The Morgan fingerprint density at radius 1 is 1.40 bits per heavy atom. The Morgan fingerprint density at radius 3 is 3.00 bits per heavy atom. The predicted molar refractivity (Wildman–Crippen MR) is 74.1 cm³/mol. The van der Waals surface area contributed by atoms with Gasteiger partial charge in [-0.1, -0.05) is 28.9 Å². The number of aromatic nitrogens is 2. The maximum atomic E-state index is 11.7. The molecule has 104 valence electrons. The summed E-state index contributed by atoms with van der Waals surface area (Å²) < 4.78 is 5.32. The molecule has 1 aromatic heterocycles. The fraction of sp³-hybridized carbons (Fsp3) is 0.357. The molecule has 3 rings (SSSR count). The lowest BCUT2D eigenvalue weighted by Gasteiger charge is -2.29. The van der Waals surface area contributed by atoms with Crippen LogP contribution in [-0.2, 0) is 4.79 Å². The summed E-state index contributed by atoms with van der Waals surface area (Å²) >= 11 is 6.12. The molecule has 2 aromatic rings. The summed E-state index contributed by atoms with van der Waals surface area (Å²) in [5.74, 6) is 1.03. The van der Waals surface area contributed by atoms with Crippen LogP contribution in [0, 0.1) is 0 Å². The fourth-order valence-electron chi connectivity index (χ4n) is 2.40. The maximum Gasteiger partial charge on any atom is 0.249 e. The molecular weight excluding hydrogens is 278 g/mol. The molecule has 0 spiro atoms. The van der Waals surface area contributed by atoms with Crippen LogP contribution >= 0.6 is 11.6 Å². The third kappa shape index (κ3) is 2.29. The maximum absolute atomic E-state index is 11.7. The molecule has 0 saturated carbocycles. The molecule has 1 amide bonds. The van der Waals surface area contributed by atoms with E-state index in [1.54, 1.807) is 18.0 Å². The average molecular weight is 292 g/mol. The van der Waals surface area contributed by atoms with Gasteiger partial charge in [-0.15, -0.1) is 0 Å². The topological polar surface area (TPSA) is 59.2 Å². The van der Waals surface area contributed by atoms with E-state index in [1.165, 1.54) is 0 Å². The lowest BCUT2D eigenvalue weighted by atomic mass is 10.0. The van der Waals surface area contributed by atoms with Gasteiger partial charge in [-0.25, -0.2) is 0 Å². The summed E-state index contributed by atoms with van der Waals surface area (Å²) in [6, 6.07) is 7.20. The van der Waals surface area contributed by atoms with E-state index < -0.39 is 0 Å². The Hall–Kier alpha value is -1.88. The van der Waals surface area contributed by atoms with Crippen molar-refractivity contribution < 1.29 is 9.32 Å². The van der Waals surface area contributed by atoms with Crippen molar-refractivity contribution in [2.75, 3.05) is 7.05 Å².